The van der Waals surface area contributed by atoms with Crippen molar-refractivity contribution < 1.29 is 42.4 Å². The molecule has 4 N–H and O–H groups in total. The molecular weight excluding hydrogens is 553 g/mol. The van der Waals surface area contributed by atoms with Crippen LogP contribution in [0.1, 0.15) is 49.4 Å². The molecule has 0 saturated carbocycles. The SMILES string of the molecule is CC(C)Oc1ccc(COc2ccc3c(c2)c(Cl)c2n3CCC2CC(=O)OCC(N)(CO)CO)cc1C(F)(F)F. The van der Waals surface area contributed by atoms with Gasteiger partial charge in [0.15, 0.2) is 0 Å². The summed E-state index contributed by atoms with van der Waals surface area (Å²) >= 11 is 6.74. The number of halogens is 4. The molecule has 1 atom stereocenters. The zero-order valence-corrected chi connectivity index (χ0v) is 22.9. The molecule has 0 aliphatic carbocycles. The van der Waals surface area contributed by atoms with Gasteiger partial charge in [0.25, 0.3) is 0 Å². The molecule has 12 heteroatoms. The fourth-order valence-electron chi connectivity index (χ4n) is 4.70. The number of hydrogen-bond acceptors (Lipinski definition) is 7. The lowest BCUT2D eigenvalue weighted by Crippen LogP contribution is -2.51. The number of carbonyl (C=O) groups excluding carboxylic acids is 1. The minimum Gasteiger partial charge on any atom is -0.490 e. The van der Waals surface area contributed by atoms with Crippen LogP contribution in [-0.2, 0) is 28.9 Å². The van der Waals surface area contributed by atoms with Crippen molar-refractivity contribution >= 4 is 28.5 Å². The highest BCUT2D eigenvalue weighted by Gasteiger charge is 2.35. The van der Waals surface area contributed by atoms with Gasteiger partial charge in [-0.1, -0.05) is 17.7 Å². The Balaban J connectivity index is 1.48. The van der Waals surface area contributed by atoms with Crippen LogP contribution in [-0.4, -0.2) is 52.2 Å². The molecule has 0 amide bonds. The van der Waals surface area contributed by atoms with Crippen LogP contribution in [0.2, 0.25) is 5.02 Å². The van der Waals surface area contributed by atoms with Crippen molar-refractivity contribution in [2.75, 3.05) is 19.8 Å². The highest BCUT2D eigenvalue weighted by atomic mass is 35.5. The predicted octanol–water partition coefficient (Wildman–Crippen LogP) is 4.78. The summed E-state index contributed by atoms with van der Waals surface area (Å²) in [5.41, 5.74) is 5.45. The summed E-state index contributed by atoms with van der Waals surface area (Å²) in [5, 5.41) is 19.7. The molecule has 0 saturated heterocycles. The number of nitrogens with two attached hydrogens (primary N) is 1. The molecule has 1 unspecified atom stereocenters. The molecule has 4 rings (SSSR count). The number of aliphatic hydroxyl groups is 2. The number of aliphatic hydroxyl groups excluding tert-OH is 2. The van der Waals surface area contributed by atoms with E-state index >= 15 is 0 Å². The molecule has 1 aromatic heterocycles. The third kappa shape index (κ3) is 6.49. The minimum absolute atomic E-state index is 0.0460. The van der Waals surface area contributed by atoms with Crippen LogP contribution in [0.3, 0.4) is 0 Å². The predicted molar refractivity (Wildman–Crippen MR) is 143 cm³/mol. The second-order valence-corrected chi connectivity index (χ2v) is 10.7. The number of rotatable bonds is 11. The number of fused-ring (bicyclic) bond motifs is 3. The molecule has 2 aromatic carbocycles. The Morgan fingerprint density at radius 1 is 1.18 bits per heavy atom. The summed E-state index contributed by atoms with van der Waals surface area (Å²) in [5.74, 6) is -0.536. The van der Waals surface area contributed by atoms with E-state index in [0.717, 1.165) is 17.3 Å². The van der Waals surface area contributed by atoms with Gasteiger partial charge in [0, 0.05) is 23.5 Å². The lowest BCUT2D eigenvalue weighted by Gasteiger charge is -2.24. The fourth-order valence-corrected chi connectivity index (χ4v) is 5.11. The molecule has 3 aromatic rings. The Bertz CT molecular complexity index is 1370. The lowest BCUT2D eigenvalue weighted by molar-refractivity contribution is -0.147. The van der Waals surface area contributed by atoms with Crippen molar-refractivity contribution in [3.05, 3.63) is 58.2 Å². The van der Waals surface area contributed by atoms with Gasteiger partial charge in [-0.05, 0) is 56.2 Å². The first-order valence-corrected chi connectivity index (χ1v) is 13.2. The lowest BCUT2D eigenvalue weighted by atomic mass is 10.00. The third-order valence-electron chi connectivity index (χ3n) is 6.78. The van der Waals surface area contributed by atoms with Gasteiger partial charge in [-0.15, -0.1) is 0 Å². The zero-order valence-electron chi connectivity index (χ0n) is 22.1. The number of ether oxygens (including phenoxy) is 3. The maximum atomic E-state index is 13.6. The maximum Gasteiger partial charge on any atom is 0.419 e. The van der Waals surface area contributed by atoms with Crippen LogP contribution in [0.25, 0.3) is 10.9 Å². The van der Waals surface area contributed by atoms with E-state index in [-0.39, 0.29) is 31.3 Å². The Kier molecular flexibility index (Phi) is 8.89. The second kappa shape index (κ2) is 11.9. The first-order valence-electron chi connectivity index (χ1n) is 12.8. The number of esters is 1. The van der Waals surface area contributed by atoms with Gasteiger partial charge in [0.1, 0.15) is 24.7 Å². The summed E-state index contributed by atoms with van der Waals surface area (Å²) in [6.07, 6.45) is -4.26. The van der Waals surface area contributed by atoms with E-state index in [9.17, 15) is 28.2 Å². The number of aromatic nitrogens is 1. The second-order valence-electron chi connectivity index (χ2n) is 10.3. The molecule has 40 heavy (non-hydrogen) atoms. The van der Waals surface area contributed by atoms with Gasteiger partial charge in [0.05, 0.1) is 47.4 Å². The minimum atomic E-state index is -4.58. The topological polar surface area (TPSA) is 116 Å². The maximum absolute atomic E-state index is 13.6. The van der Waals surface area contributed by atoms with E-state index < -0.39 is 42.6 Å². The average Bonchev–Trinajstić information content (AvgIpc) is 3.44. The van der Waals surface area contributed by atoms with Crippen LogP contribution < -0.4 is 15.2 Å². The number of hydrogen-bond donors (Lipinski definition) is 3. The summed E-state index contributed by atoms with van der Waals surface area (Å²) in [7, 11) is 0. The molecule has 8 nitrogen and oxygen atoms in total. The summed E-state index contributed by atoms with van der Waals surface area (Å²) in [6, 6.07) is 9.13. The van der Waals surface area contributed by atoms with Crippen molar-refractivity contribution in [1.82, 2.24) is 4.57 Å². The van der Waals surface area contributed by atoms with Crippen molar-refractivity contribution in [1.29, 1.82) is 0 Å². The molecular formula is C28H32ClF3N2O6. The van der Waals surface area contributed by atoms with Gasteiger partial charge >= 0.3 is 12.1 Å². The molecule has 0 radical (unpaired) electrons. The highest BCUT2D eigenvalue weighted by Crippen LogP contribution is 2.44. The zero-order chi connectivity index (χ0) is 29.2. The molecule has 0 spiro atoms. The highest BCUT2D eigenvalue weighted by molar-refractivity contribution is 6.36. The normalized spacial score (nSPS) is 15.5. The van der Waals surface area contributed by atoms with E-state index in [2.05, 4.69) is 0 Å². The number of carbonyl (C=O) groups is 1. The van der Waals surface area contributed by atoms with Gasteiger partial charge in [-0.2, -0.15) is 13.2 Å². The molecule has 2 heterocycles. The summed E-state index contributed by atoms with van der Waals surface area (Å²) < 4.78 is 59.1. The van der Waals surface area contributed by atoms with Crippen molar-refractivity contribution in [2.45, 2.75) is 63.6 Å². The molecule has 0 bridgehead atoms. The van der Waals surface area contributed by atoms with Crippen LogP contribution in [0.5, 0.6) is 11.5 Å². The van der Waals surface area contributed by atoms with Crippen molar-refractivity contribution in [3.8, 4) is 11.5 Å². The van der Waals surface area contributed by atoms with Crippen molar-refractivity contribution in [2.24, 2.45) is 5.73 Å². The van der Waals surface area contributed by atoms with Gasteiger partial charge in [-0.25, -0.2) is 0 Å². The van der Waals surface area contributed by atoms with Gasteiger partial charge < -0.3 is 34.7 Å². The van der Waals surface area contributed by atoms with Crippen LogP contribution >= 0.6 is 11.6 Å². The number of nitrogens with zero attached hydrogens (tertiary/aromatic N) is 1. The van der Waals surface area contributed by atoms with Gasteiger partial charge in [-0.3, -0.25) is 4.79 Å². The summed E-state index contributed by atoms with van der Waals surface area (Å²) in [6.45, 7) is 2.47. The smallest absolute Gasteiger partial charge is 0.419 e. The number of aryl methyl sites for hydroxylation is 1. The van der Waals surface area contributed by atoms with E-state index in [1.807, 2.05) is 10.6 Å². The Hall–Kier alpha value is -2.99. The average molecular weight is 585 g/mol. The van der Waals surface area contributed by atoms with E-state index in [1.165, 1.54) is 12.1 Å². The van der Waals surface area contributed by atoms with E-state index in [4.69, 9.17) is 31.5 Å². The number of alkyl halides is 3. The fraction of sp³-hybridized carbons (Fsp3) is 0.464. The quantitative estimate of drug-likeness (QED) is 0.278. The Morgan fingerprint density at radius 2 is 1.90 bits per heavy atom. The van der Waals surface area contributed by atoms with E-state index in [0.29, 0.717) is 34.7 Å². The largest absolute Gasteiger partial charge is 0.490 e. The molecule has 1 aliphatic rings. The first-order chi connectivity index (χ1) is 18.8. The Labute approximate surface area is 234 Å². The van der Waals surface area contributed by atoms with Gasteiger partial charge in [0.2, 0.25) is 0 Å². The molecule has 218 valence electrons. The molecule has 0 fully saturated rings. The monoisotopic (exact) mass is 584 g/mol. The van der Waals surface area contributed by atoms with Crippen LogP contribution in [0.15, 0.2) is 36.4 Å². The number of benzene rings is 2. The van der Waals surface area contributed by atoms with Crippen molar-refractivity contribution in [3.63, 3.8) is 0 Å². The van der Waals surface area contributed by atoms with Crippen LogP contribution in [0.4, 0.5) is 13.2 Å². The summed E-state index contributed by atoms with van der Waals surface area (Å²) in [4.78, 5) is 12.5. The third-order valence-corrected chi connectivity index (χ3v) is 7.18. The first kappa shape index (κ1) is 30.0. The van der Waals surface area contributed by atoms with Crippen LogP contribution in [0, 0.1) is 0 Å². The standard InChI is InChI=1S/C28H32ClF3N2O6/c1-16(2)40-23-6-3-17(9-21(23)28(30,31)32)12-38-19-4-5-22-20(11-19)25(29)26-18(7-8-34(22)26)10-24(37)39-15-27(33,13-35)14-36/h3-6,9,11,16,18,35-36H,7-8,10,12-15,33H2,1-2H3. The molecule has 1 aliphatic heterocycles. The Morgan fingerprint density at radius 3 is 2.55 bits per heavy atom. The van der Waals surface area contributed by atoms with E-state index in [1.54, 1.807) is 26.0 Å².